The number of aromatic nitrogens is 1. The van der Waals surface area contributed by atoms with Crippen LogP contribution in [0.1, 0.15) is 11.8 Å². The van der Waals surface area contributed by atoms with Crippen molar-refractivity contribution in [3.8, 4) is 0 Å². The number of rotatable bonds is 1. The summed E-state index contributed by atoms with van der Waals surface area (Å²) >= 11 is 1.12. The highest BCUT2D eigenvalue weighted by molar-refractivity contribution is 7.15. The number of hydrogen-bond donors (Lipinski definition) is 1. The van der Waals surface area contributed by atoms with Crippen LogP contribution >= 0.6 is 11.3 Å². The predicted molar refractivity (Wildman–Crippen MR) is 41.1 cm³/mol. The van der Waals surface area contributed by atoms with Gasteiger partial charge in [0.2, 0.25) is 11.9 Å². The summed E-state index contributed by atoms with van der Waals surface area (Å²) in [5.74, 6) is -0.752. The van der Waals surface area contributed by atoms with Crippen molar-refractivity contribution in [2.24, 2.45) is 0 Å². The summed E-state index contributed by atoms with van der Waals surface area (Å²) < 4.78 is 12.5. The first-order valence-electron chi connectivity index (χ1n) is 3.00. The fourth-order valence-corrected chi connectivity index (χ4v) is 1.32. The van der Waals surface area contributed by atoms with Crippen molar-refractivity contribution in [2.75, 3.05) is 5.32 Å². The van der Waals surface area contributed by atoms with Crippen molar-refractivity contribution in [2.45, 2.75) is 13.8 Å². The molecule has 0 unspecified atom stereocenters. The third-order valence-corrected chi connectivity index (χ3v) is 1.88. The van der Waals surface area contributed by atoms with Gasteiger partial charge in [0.1, 0.15) is 0 Å². The molecule has 1 aromatic rings. The van der Waals surface area contributed by atoms with Gasteiger partial charge in [-0.2, -0.15) is 9.37 Å². The van der Waals surface area contributed by atoms with Gasteiger partial charge in [-0.05, 0) is 6.92 Å². The molecule has 0 bridgehead atoms. The largest absolute Gasteiger partial charge is 0.302 e. The summed E-state index contributed by atoms with van der Waals surface area (Å²) in [5, 5.41) is 2.71. The van der Waals surface area contributed by atoms with Crippen LogP contribution in [0.4, 0.5) is 9.52 Å². The summed E-state index contributed by atoms with van der Waals surface area (Å²) in [5.41, 5.74) is 0. The summed E-state index contributed by atoms with van der Waals surface area (Å²) in [4.78, 5) is 14.4. The lowest BCUT2D eigenvalue weighted by atomic mass is 10.6. The zero-order valence-electron chi connectivity index (χ0n) is 6.14. The summed E-state index contributed by atoms with van der Waals surface area (Å²) in [6.07, 6.45) is 0. The van der Waals surface area contributed by atoms with E-state index in [9.17, 15) is 9.18 Å². The summed E-state index contributed by atoms with van der Waals surface area (Å²) in [6.45, 7) is 2.97. The maximum Gasteiger partial charge on any atom is 0.228 e. The van der Waals surface area contributed by atoms with Crippen LogP contribution in [-0.2, 0) is 4.79 Å². The second-order valence-electron chi connectivity index (χ2n) is 2.05. The number of amides is 1. The molecule has 1 heterocycles. The molecule has 0 spiro atoms. The van der Waals surface area contributed by atoms with Crippen molar-refractivity contribution < 1.29 is 9.18 Å². The third kappa shape index (κ3) is 1.98. The molecule has 0 saturated carbocycles. The van der Waals surface area contributed by atoms with E-state index in [0.717, 1.165) is 11.3 Å². The highest BCUT2D eigenvalue weighted by Crippen LogP contribution is 2.19. The second kappa shape index (κ2) is 2.96. The lowest BCUT2D eigenvalue weighted by molar-refractivity contribution is -0.114. The van der Waals surface area contributed by atoms with Gasteiger partial charge in [0.05, 0.1) is 4.88 Å². The molecule has 0 atom stereocenters. The fraction of sp³-hybridized carbons (Fsp3) is 0.333. The smallest absolute Gasteiger partial charge is 0.228 e. The second-order valence-corrected chi connectivity index (χ2v) is 3.25. The van der Waals surface area contributed by atoms with E-state index in [-0.39, 0.29) is 5.91 Å². The number of hydrogen-bond acceptors (Lipinski definition) is 3. The van der Waals surface area contributed by atoms with Crippen LogP contribution in [0.25, 0.3) is 0 Å². The van der Waals surface area contributed by atoms with Gasteiger partial charge in [0.25, 0.3) is 0 Å². The minimum absolute atomic E-state index is 0.237. The first-order valence-corrected chi connectivity index (χ1v) is 3.82. The van der Waals surface area contributed by atoms with Gasteiger partial charge in [-0.15, -0.1) is 0 Å². The molecule has 0 saturated heterocycles. The van der Waals surface area contributed by atoms with Gasteiger partial charge in [-0.25, -0.2) is 0 Å². The number of nitrogens with zero attached hydrogens (tertiary/aromatic N) is 1. The number of carbonyl (C=O) groups excluding carboxylic acids is 1. The van der Waals surface area contributed by atoms with Gasteiger partial charge >= 0.3 is 0 Å². The van der Waals surface area contributed by atoms with E-state index in [1.54, 1.807) is 6.92 Å². The number of nitrogens with one attached hydrogen (secondary N) is 1. The number of thiazole rings is 1. The molecule has 1 amide bonds. The average Bonchev–Trinajstić information content (AvgIpc) is 2.10. The molecular formula is C6H7FN2OS. The average molecular weight is 174 g/mol. The Morgan fingerprint density at radius 2 is 2.36 bits per heavy atom. The maximum absolute atomic E-state index is 12.5. The molecule has 11 heavy (non-hydrogen) atoms. The minimum Gasteiger partial charge on any atom is -0.302 e. The predicted octanol–water partition coefficient (Wildman–Crippen LogP) is 1.55. The van der Waals surface area contributed by atoms with Crippen LogP contribution in [0.3, 0.4) is 0 Å². The first-order chi connectivity index (χ1) is 5.09. The Bertz CT molecular complexity index is 265. The molecular weight excluding hydrogens is 167 g/mol. The Morgan fingerprint density at radius 1 is 1.73 bits per heavy atom. The van der Waals surface area contributed by atoms with Gasteiger partial charge in [-0.1, -0.05) is 11.3 Å². The van der Waals surface area contributed by atoms with E-state index in [4.69, 9.17) is 0 Å². The Labute approximate surface area is 67.3 Å². The Hall–Kier alpha value is -0.970. The highest BCUT2D eigenvalue weighted by atomic mass is 32.1. The highest BCUT2D eigenvalue weighted by Gasteiger charge is 2.06. The number of anilines is 1. The van der Waals surface area contributed by atoms with Crippen molar-refractivity contribution in [3.63, 3.8) is 0 Å². The van der Waals surface area contributed by atoms with Crippen LogP contribution in [0.5, 0.6) is 0 Å². The summed E-state index contributed by atoms with van der Waals surface area (Å²) in [6, 6.07) is 0. The van der Waals surface area contributed by atoms with E-state index in [0.29, 0.717) is 10.0 Å². The van der Waals surface area contributed by atoms with Crippen LogP contribution in [-0.4, -0.2) is 10.9 Å². The Kier molecular flexibility index (Phi) is 2.19. The molecule has 1 aromatic heterocycles. The monoisotopic (exact) mass is 174 g/mol. The molecule has 0 radical (unpaired) electrons. The lowest BCUT2D eigenvalue weighted by Gasteiger charge is -1.91. The fourth-order valence-electron chi connectivity index (χ4n) is 0.582. The van der Waals surface area contributed by atoms with Crippen LogP contribution < -0.4 is 5.32 Å². The van der Waals surface area contributed by atoms with E-state index in [2.05, 4.69) is 10.3 Å². The molecule has 3 nitrogen and oxygen atoms in total. The molecule has 0 aliphatic rings. The van der Waals surface area contributed by atoms with Gasteiger partial charge in [0.15, 0.2) is 5.13 Å². The molecule has 0 aliphatic heterocycles. The van der Waals surface area contributed by atoms with Gasteiger partial charge < -0.3 is 5.32 Å². The van der Waals surface area contributed by atoms with Crippen molar-refractivity contribution in [1.29, 1.82) is 0 Å². The SMILES string of the molecule is CC(=O)Nc1nc(F)c(C)s1. The third-order valence-electron chi connectivity index (χ3n) is 1.02. The normalized spacial score (nSPS) is 9.73. The van der Waals surface area contributed by atoms with E-state index in [1.807, 2.05) is 0 Å². The first kappa shape index (κ1) is 8.13. The maximum atomic E-state index is 12.5. The van der Waals surface area contributed by atoms with Crippen LogP contribution in [0, 0.1) is 12.9 Å². The quantitative estimate of drug-likeness (QED) is 0.701. The van der Waals surface area contributed by atoms with Crippen molar-refractivity contribution in [1.82, 2.24) is 4.98 Å². The van der Waals surface area contributed by atoms with E-state index >= 15 is 0 Å². The number of aryl methyl sites for hydroxylation is 1. The number of carbonyl (C=O) groups is 1. The Morgan fingerprint density at radius 3 is 2.73 bits per heavy atom. The van der Waals surface area contributed by atoms with Crippen LogP contribution in [0.2, 0.25) is 0 Å². The van der Waals surface area contributed by atoms with Crippen LogP contribution in [0.15, 0.2) is 0 Å². The molecule has 60 valence electrons. The van der Waals surface area contributed by atoms with Crippen molar-refractivity contribution in [3.05, 3.63) is 10.8 Å². The van der Waals surface area contributed by atoms with E-state index < -0.39 is 5.95 Å². The minimum atomic E-state index is -0.515. The molecule has 1 rings (SSSR count). The standard InChI is InChI=1S/C6H7FN2OS/c1-3-5(7)9-6(11-3)8-4(2)10/h1-2H3,(H,8,9,10). The molecule has 0 fully saturated rings. The van der Waals surface area contributed by atoms with Gasteiger partial charge in [0, 0.05) is 6.92 Å². The molecule has 1 N–H and O–H groups in total. The zero-order chi connectivity index (χ0) is 8.43. The lowest BCUT2D eigenvalue weighted by Crippen LogP contribution is -2.04. The molecule has 0 aliphatic carbocycles. The van der Waals surface area contributed by atoms with Crippen molar-refractivity contribution >= 4 is 22.4 Å². The Balaban J connectivity index is 2.81. The molecule has 5 heteroatoms. The summed E-state index contributed by atoms with van der Waals surface area (Å²) in [7, 11) is 0. The van der Waals surface area contributed by atoms with Gasteiger partial charge in [-0.3, -0.25) is 4.79 Å². The zero-order valence-corrected chi connectivity index (χ0v) is 6.96. The number of halogens is 1. The molecule has 0 aromatic carbocycles. The topological polar surface area (TPSA) is 42.0 Å². The van der Waals surface area contributed by atoms with E-state index in [1.165, 1.54) is 6.92 Å².